The van der Waals surface area contributed by atoms with Crippen molar-refractivity contribution in [1.82, 2.24) is 9.55 Å². The second-order valence-corrected chi connectivity index (χ2v) is 9.93. The van der Waals surface area contributed by atoms with Crippen molar-refractivity contribution in [2.75, 3.05) is 18.1 Å². The summed E-state index contributed by atoms with van der Waals surface area (Å²) in [6.45, 7) is 5.60. The number of ketones is 1. The summed E-state index contributed by atoms with van der Waals surface area (Å²) in [6.07, 6.45) is 0.587. The standard InChI is InChI=1S/C22H24N2O4S/c1-14-7-8-17-5-4-6-21(22(17)23-14)28-12-20(25)19-11-15(2)24(16(19)3)18-9-10-29(26,27)13-18/h4-8,11,18H,9-10,12-13H2,1-3H3/t18-/m0/s1. The van der Waals surface area contributed by atoms with Gasteiger partial charge in [-0.2, -0.15) is 0 Å². The van der Waals surface area contributed by atoms with Crippen LogP contribution >= 0.6 is 0 Å². The number of para-hydroxylation sites is 1. The van der Waals surface area contributed by atoms with Gasteiger partial charge < -0.3 is 9.30 Å². The van der Waals surface area contributed by atoms with Gasteiger partial charge in [-0.05, 0) is 45.4 Å². The molecule has 29 heavy (non-hydrogen) atoms. The molecule has 0 bridgehead atoms. The Labute approximate surface area is 170 Å². The number of sulfone groups is 1. The van der Waals surface area contributed by atoms with Crippen molar-refractivity contribution in [2.45, 2.75) is 33.2 Å². The molecule has 3 heterocycles. The number of carbonyl (C=O) groups is 1. The first-order valence-electron chi connectivity index (χ1n) is 9.66. The molecule has 7 heteroatoms. The molecule has 4 rings (SSSR count). The van der Waals surface area contributed by atoms with Crippen molar-refractivity contribution < 1.29 is 17.9 Å². The van der Waals surface area contributed by atoms with Crippen LogP contribution in [-0.2, 0) is 9.84 Å². The molecule has 1 saturated heterocycles. The Bertz CT molecular complexity index is 1210. The first kappa shape index (κ1) is 19.6. The van der Waals surface area contributed by atoms with Crippen LogP contribution in [0.1, 0.15) is 39.9 Å². The van der Waals surface area contributed by atoms with E-state index >= 15 is 0 Å². The zero-order chi connectivity index (χ0) is 20.8. The molecule has 0 spiro atoms. The third-order valence-electron chi connectivity index (χ3n) is 5.54. The highest BCUT2D eigenvalue weighted by Crippen LogP contribution is 2.30. The predicted octanol–water partition coefficient (Wildman–Crippen LogP) is 3.58. The smallest absolute Gasteiger partial charge is 0.202 e. The quantitative estimate of drug-likeness (QED) is 0.599. The first-order chi connectivity index (χ1) is 13.7. The number of fused-ring (bicyclic) bond motifs is 1. The van der Waals surface area contributed by atoms with Crippen molar-refractivity contribution in [1.29, 1.82) is 0 Å². The summed E-state index contributed by atoms with van der Waals surface area (Å²) in [7, 11) is -3.00. The molecule has 2 aromatic heterocycles. The number of benzene rings is 1. The summed E-state index contributed by atoms with van der Waals surface area (Å²) in [5.74, 6) is 0.786. The van der Waals surface area contributed by atoms with E-state index in [-0.39, 0.29) is 29.9 Å². The van der Waals surface area contributed by atoms with Crippen LogP contribution in [0.5, 0.6) is 5.75 Å². The SMILES string of the molecule is Cc1ccc2cccc(OCC(=O)c3cc(C)n([C@H]4CCS(=O)(=O)C4)c3C)c2n1. The van der Waals surface area contributed by atoms with Gasteiger partial charge in [-0.1, -0.05) is 18.2 Å². The van der Waals surface area contributed by atoms with Crippen molar-refractivity contribution in [3.8, 4) is 5.75 Å². The van der Waals surface area contributed by atoms with Crippen molar-refractivity contribution >= 4 is 26.5 Å². The topological polar surface area (TPSA) is 78.3 Å². The van der Waals surface area contributed by atoms with E-state index in [0.717, 1.165) is 28.0 Å². The number of ether oxygens (including phenoxy) is 1. The summed E-state index contributed by atoms with van der Waals surface area (Å²) >= 11 is 0. The third kappa shape index (κ3) is 3.79. The van der Waals surface area contributed by atoms with Crippen molar-refractivity contribution in [2.24, 2.45) is 0 Å². The van der Waals surface area contributed by atoms with Gasteiger partial charge in [0, 0.05) is 34.1 Å². The van der Waals surface area contributed by atoms with Crippen LogP contribution < -0.4 is 4.74 Å². The fourth-order valence-electron chi connectivity index (χ4n) is 4.16. The predicted molar refractivity (Wildman–Crippen MR) is 113 cm³/mol. The number of rotatable bonds is 5. The average molecular weight is 413 g/mol. The summed E-state index contributed by atoms with van der Waals surface area (Å²) in [6, 6.07) is 11.3. The summed E-state index contributed by atoms with van der Waals surface area (Å²) in [4.78, 5) is 17.4. The lowest BCUT2D eigenvalue weighted by Crippen LogP contribution is -2.16. The molecule has 0 N–H and O–H groups in total. The Balaban J connectivity index is 1.56. The van der Waals surface area contributed by atoms with Crippen LogP contribution in [0.15, 0.2) is 36.4 Å². The molecule has 1 aliphatic heterocycles. The lowest BCUT2D eigenvalue weighted by molar-refractivity contribution is 0.0921. The Hall–Kier alpha value is -2.67. The van der Waals surface area contributed by atoms with Gasteiger partial charge in [0.15, 0.2) is 16.4 Å². The molecule has 1 fully saturated rings. The molecule has 0 unspecified atom stereocenters. The molecular weight excluding hydrogens is 388 g/mol. The summed E-state index contributed by atoms with van der Waals surface area (Å²) in [5.41, 5.74) is 3.90. The Morgan fingerprint density at radius 1 is 1.21 bits per heavy atom. The largest absolute Gasteiger partial charge is 0.483 e. The Morgan fingerprint density at radius 3 is 2.72 bits per heavy atom. The number of nitrogens with zero attached hydrogens (tertiary/aromatic N) is 2. The van der Waals surface area contributed by atoms with Crippen LogP contribution in [0.3, 0.4) is 0 Å². The van der Waals surface area contributed by atoms with Gasteiger partial charge in [0.2, 0.25) is 5.78 Å². The van der Waals surface area contributed by atoms with E-state index in [2.05, 4.69) is 4.98 Å². The van der Waals surface area contributed by atoms with Gasteiger partial charge in [-0.15, -0.1) is 0 Å². The maximum Gasteiger partial charge on any atom is 0.202 e. The Morgan fingerprint density at radius 2 is 2.00 bits per heavy atom. The van der Waals surface area contributed by atoms with Gasteiger partial charge >= 0.3 is 0 Å². The van der Waals surface area contributed by atoms with Crippen LogP contribution in [-0.4, -0.2) is 41.9 Å². The molecule has 1 atom stereocenters. The number of Topliss-reactive ketones (excluding diaryl/α,β-unsaturated/α-hetero) is 1. The van der Waals surface area contributed by atoms with E-state index in [0.29, 0.717) is 17.7 Å². The average Bonchev–Trinajstić information content (AvgIpc) is 3.17. The number of hydrogen-bond acceptors (Lipinski definition) is 5. The van der Waals surface area contributed by atoms with E-state index in [4.69, 9.17) is 4.74 Å². The number of pyridine rings is 1. The lowest BCUT2D eigenvalue weighted by atomic mass is 10.1. The van der Waals surface area contributed by atoms with Crippen LogP contribution in [0, 0.1) is 20.8 Å². The minimum Gasteiger partial charge on any atom is -0.483 e. The molecule has 0 saturated carbocycles. The fourth-order valence-corrected chi connectivity index (χ4v) is 5.86. The van der Waals surface area contributed by atoms with E-state index < -0.39 is 9.84 Å². The van der Waals surface area contributed by atoms with E-state index in [1.165, 1.54) is 0 Å². The maximum atomic E-state index is 12.9. The minimum atomic E-state index is -3.00. The number of aryl methyl sites for hydroxylation is 2. The minimum absolute atomic E-state index is 0.0952. The zero-order valence-corrected chi connectivity index (χ0v) is 17.6. The molecule has 152 valence electrons. The highest BCUT2D eigenvalue weighted by molar-refractivity contribution is 7.91. The fraction of sp³-hybridized carbons (Fsp3) is 0.364. The number of carbonyl (C=O) groups excluding carboxylic acids is 1. The Kier molecular flexibility index (Phi) is 4.94. The lowest BCUT2D eigenvalue weighted by Gasteiger charge is -2.16. The molecule has 0 radical (unpaired) electrons. The zero-order valence-electron chi connectivity index (χ0n) is 16.8. The van der Waals surface area contributed by atoms with E-state index in [1.807, 2.05) is 61.7 Å². The third-order valence-corrected chi connectivity index (χ3v) is 7.29. The molecule has 0 aliphatic carbocycles. The summed E-state index contributed by atoms with van der Waals surface area (Å²) < 4.78 is 31.5. The van der Waals surface area contributed by atoms with Gasteiger partial charge in [-0.3, -0.25) is 4.79 Å². The van der Waals surface area contributed by atoms with E-state index in [1.54, 1.807) is 0 Å². The molecular formula is C22H24N2O4S. The normalized spacial score (nSPS) is 18.2. The van der Waals surface area contributed by atoms with Gasteiger partial charge in [-0.25, -0.2) is 13.4 Å². The molecule has 0 amide bonds. The van der Waals surface area contributed by atoms with Crippen LogP contribution in [0.4, 0.5) is 0 Å². The van der Waals surface area contributed by atoms with Gasteiger partial charge in [0.25, 0.3) is 0 Å². The second kappa shape index (κ2) is 7.30. The molecule has 1 aliphatic rings. The maximum absolute atomic E-state index is 12.9. The number of aromatic nitrogens is 2. The second-order valence-electron chi connectivity index (χ2n) is 7.70. The van der Waals surface area contributed by atoms with E-state index in [9.17, 15) is 13.2 Å². The number of hydrogen-bond donors (Lipinski definition) is 0. The molecule has 6 nitrogen and oxygen atoms in total. The highest BCUT2D eigenvalue weighted by Gasteiger charge is 2.31. The van der Waals surface area contributed by atoms with Gasteiger partial charge in [0.05, 0.1) is 11.5 Å². The molecule has 1 aromatic carbocycles. The summed E-state index contributed by atoms with van der Waals surface area (Å²) in [5, 5.41) is 0.959. The van der Waals surface area contributed by atoms with Gasteiger partial charge in [0.1, 0.15) is 11.3 Å². The first-order valence-corrected chi connectivity index (χ1v) is 11.5. The van der Waals surface area contributed by atoms with Crippen LogP contribution in [0.25, 0.3) is 10.9 Å². The highest BCUT2D eigenvalue weighted by atomic mass is 32.2. The monoisotopic (exact) mass is 412 g/mol. The molecule has 3 aromatic rings. The van der Waals surface area contributed by atoms with Crippen molar-refractivity contribution in [3.63, 3.8) is 0 Å². The van der Waals surface area contributed by atoms with Crippen LogP contribution in [0.2, 0.25) is 0 Å². The van der Waals surface area contributed by atoms with Crippen molar-refractivity contribution in [3.05, 3.63) is 59.0 Å².